The lowest BCUT2D eigenvalue weighted by molar-refractivity contribution is -0.0232. The second kappa shape index (κ2) is 10.2. The van der Waals surface area contributed by atoms with Gasteiger partial charge in [0.25, 0.3) is 0 Å². The van der Waals surface area contributed by atoms with E-state index >= 15 is 0 Å². The lowest BCUT2D eigenvalue weighted by Gasteiger charge is -2.13. The molecule has 9 heteroatoms. The first-order chi connectivity index (χ1) is 16.4. The number of aromatic amines is 1. The Morgan fingerprint density at radius 2 is 1.71 bits per heavy atom. The maximum Gasteiger partial charge on any atom is 0.308 e. The van der Waals surface area contributed by atoms with E-state index in [4.69, 9.17) is 0 Å². The summed E-state index contributed by atoms with van der Waals surface area (Å²) in [5, 5.41) is 18.7. The van der Waals surface area contributed by atoms with E-state index in [2.05, 4.69) is 30.7 Å². The highest BCUT2D eigenvalue weighted by Gasteiger charge is 2.36. The van der Waals surface area contributed by atoms with Gasteiger partial charge in [-0.05, 0) is 40.7 Å². The van der Waals surface area contributed by atoms with Crippen molar-refractivity contribution in [2.75, 3.05) is 0 Å². The van der Waals surface area contributed by atoms with E-state index < -0.39 is 5.92 Å². The number of H-pyrrole nitrogens is 1. The highest BCUT2D eigenvalue weighted by molar-refractivity contribution is 5.60. The van der Waals surface area contributed by atoms with Gasteiger partial charge in [0, 0.05) is 18.4 Å². The zero-order valence-electron chi connectivity index (χ0n) is 19.7. The second-order valence-electron chi connectivity index (χ2n) is 8.90. The minimum Gasteiger partial charge on any atom is -0.245 e. The smallest absolute Gasteiger partial charge is 0.245 e. The van der Waals surface area contributed by atoms with Crippen molar-refractivity contribution in [1.29, 1.82) is 0 Å². The minimum absolute atomic E-state index is 0.262. The van der Waals surface area contributed by atoms with Crippen molar-refractivity contribution in [3.05, 3.63) is 76.9 Å². The predicted octanol–water partition coefficient (Wildman–Crippen LogP) is 5.19. The van der Waals surface area contributed by atoms with Crippen LogP contribution >= 0.6 is 0 Å². The van der Waals surface area contributed by atoms with Gasteiger partial charge in [-0.2, -0.15) is 14.0 Å². The SMILES string of the molecule is CCCC(F)(F)c1nc(CC(C)C)n(Cc2ccccc2Cc2ccccc2-c2nn[nH]n2)n1. The fourth-order valence-electron chi connectivity index (χ4n) is 4.02. The zero-order chi connectivity index (χ0) is 24.1. The third-order valence-corrected chi connectivity index (χ3v) is 5.65. The van der Waals surface area contributed by atoms with Gasteiger partial charge in [0.2, 0.25) is 11.6 Å². The molecule has 0 atom stereocenters. The Balaban J connectivity index is 1.67. The molecule has 0 bridgehead atoms. The molecule has 1 N–H and O–H groups in total. The first-order valence-corrected chi connectivity index (χ1v) is 11.6. The second-order valence-corrected chi connectivity index (χ2v) is 8.90. The van der Waals surface area contributed by atoms with Crippen LogP contribution in [0.15, 0.2) is 48.5 Å². The Morgan fingerprint density at radius 1 is 1.00 bits per heavy atom. The average molecular weight is 466 g/mol. The number of alkyl halides is 2. The Hall–Kier alpha value is -3.49. The van der Waals surface area contributed by atoms with Gasteiger partial charge < -0.3 is 0 Å². The van der Waals surface area contributed by atoms with Crippen LogP contribution in [0.2, 0.25) is 0 Å². The van der Waals surface area contributed by atoms with Crippen LogP contribution in [-0.2, 0) is 25.3 Å². The number of nitrogens with zero attached hydrogens (tertiary/aromatic N) is 6. The highest BCUT2D eigenvalue weighted by Crippen LogP contribution is 2.31. The van der Waals surface area contributed by atoms with Gasteiger partial charge in [-0.15, -0.1) is 15.3 Å². The van der Waals surface area contributed by atoms with Crippen LogP contribution in [0, 0.1) is 5.92 Å². The summed E-state index contributed by atoms with van der Waals surface area (Å²) in [6, 6.07) is 15.9. The summed E-state index contributed by atoms with van der Waals surface area (Å²) < 4.78 is 30.9. The van der Waals surface area contributed by atoms with Crippen molar-refractivity contribution in [2.45, 2.75) is 58.9 Å². The third-order valence-electron chi connectivity index (χ3n) is 5.65. The van der Waals surface area contributed by atoms with E-state index in [1.54, 1.807) is 11.6 Å². The van der Waals surface area contributed by atoms with Gasteiger partial charge in [0.05, 0.1) is 6.54 Å². The molecule has 0 aliphatic heterocycles. The van der Waals surface area contributed by atoms with Crippen molar-refractivity contribution in [3.8, 4) is 11.4 Å². The first-order valence-electron chi connectivity index (χ1n) is 11.6. The molecule has 178 valence electrons. The van der Waals surface area contributed by atoms with Crippen molar-refractivity contribution >= 4 is 0 Å². The van der Waals surface area contributed by atoms with Crippen molar-refractivity contribution in [2.24, 2.45) is 5.92 Å². The van der Waals surface area contributed by atoms with Crippen LogP contribution in [0.1, 0.15) is 62.0 Å². The molecule has 0 saturated heterocycles. The van der Waals surface area contributed by atoms with Crippen LogP contribution < -0.4 is 0 Å². The highest BCUT2D eigenvalue weighted by atomic mass is 19.3. The molecule has 0 unspecified atom stereocenters. The lowest BCUT2D eigenvalue weighted by atomic mass is 9.96. The number of hydrogen-bond acceptors (Lipinski definition) is 5. The number of nitrogens with one attached hydrogen (secondary N) is 1. The molecule has 2 aromatic heterocycles. The van der Waals surface area contributed by atoms with E-state index in [9.17, 15) is 8.78 Å². The number of aromatic nitrogens is 7. The molecule has 0 saturated carbocycles. The summed E-state index contributed by atoms with van der Waals surface area (Å²) >= 11 is 0. The molecule has 0 spiro atoms. The molecule has 0 radical (unpaired) electrons. The van der Waals surface area contributed by atoms with Crippen LogP contribution in [0.3, 0.4) is 0 Å². The van der Waals surface area contributed by atoms with E-state index in [-0.39, 0.29) is 18.2 Å². The third kappa shape index (κ3) is 5.35. The van der Waals surface area contributed by atoms with Crippen LogP contribution in [-0.4, -0.2) is 35.4 Å². The number of tetrazole rings is 1. The number of hydrogen-bond donors (Lipinski definition) is 1. The molecular weight excluding hydrogens is 436 g/mol. The Kier molecular flexibility index (Phi) is 7.09. The van der Waals surface area contributed by atoms with Crippen LogP contribution in [0.4, 0.5) is 8.78 Å². The minimum atomic E-state index is -3.03. The molecule has 2 heterocycles. The van der Waals surface area contributed by atoms with Gasteiger partial charge in [0.15, 0.2) is 0 Å². The Morgan fingerprint density at radius 3 is 2.38 bits per heavy atom. The monoisotopic (exact) mass is 465 g/mol. The molecule has 34 heavy (non-hydrogen) atoms. The van der Waals surface area contributed by atoms with E-state index in [0.717, 1.165) is 22.3 Å². The fraction of sp³-hybridized carbons (Fsp3) is 0.400. The van der Waals surface area contributed by atoms with E-state index in [0.29, 0.717) is 37.5 Å². The van der Waals surface area contributed by atoms with E-state index in [1.807, 2.05) is 62.4 Å². The molecule has 4 aromatic rings. The van der Waals surface area contributed by atoms with Crippen molar-refractivity contribution < 1.29 is 8.78 Å². The number of halogens is 2. The number of rotatable bonds is 10. The normalized spacial score (nSPS) is 11.9. The van der Waals surface area contributed by atoms with Gasteiger partial charge in [-0.1, -0.05) is 69.3 Å². The topological polar surface area (TPSA) is 85.2 Å². The molecule has 0 fully saturated rings. The largest absolute Gasteiger partial charge is 0.308 e. The van der Waals surface area contributed by atoms with Crippen LogP contribution in [0.25, 0.3) is 11.4 Å². The molecular formula is C25H29F2N7. The van der Waals surface area contributed by atoms with Crippen molar-refractivity contribution in [1.82, 2.24) is 35.4 Å². The lowest BCUT2D eigenvalue weighted by Crippen LogP contribution is -2.16. The quantitative estimate of drug-likeness (QED) is 0.348. The standard InChI is InChI=1S/C25H29F2N7/c1-4-13-25(26,27)24-28-22(14-17(2)3)34(31-24)16-20-11-6-5-9-18(20)15-19-10-7-8-12-21(19)23-29-32-33-30-23/h5-12,17H,4,13-16H2,1-3H3,(H,29,30,32,33). The molecule has 0 aliphatic carbocycles. The first kappa shape index (κ1) is 23.7. The maximum absolute atomic E-state index is 14.6. The maximum atomic E-state index is 14.6. The van der Waals surface area contributed by atoms with Crippen LogP contribution in [0.5, 0.6) is 0 Å². The number of benzene rings is 2. The zero-order valence-corrected chi connectivity index (χ0v) is 19.7. The molecule has 0 amide bonds. The average Bonchev–Trinajstić information content (AvgIpc) is 3.46. The molecule has 4 rings (SSSR count). The summed E-state index contributed by atoms with van der Waals surface area (Å²) in [6.07, 6.45) is 1.32. The van der Waals surface area contributed by atoms with Gasteiger partial charge in [-0.25, -0.2) is 9.67 Å². The summed E-state index contributed by atoms with van der Waals surface area (Å²) in [5.41, 5.74) is 4.03. The molecule has 2 aromatic carbocycles. The Labute approximate surface area is 197 Å². The van der Waals surface area contributed by atoms with Crippen molar-refractivity contribution in [3.63, 3.8) is 0 Å². The van der Waals surface area contributed by atoms with E-state index in [1.165, 1.54) is 0 Å². The summed E-state index contributed by atoms with van der Waals surface area (Å²) in [5.74, 6) is -2.03. The summed E-state index contributed by atoms with van der Waals surface area (Å²) in [7, 11) is 0. The summed E-state index contributed by atoms with van der Waals surface area (Å²) in [6.45, 7) is 6.21. The van der Waals surface area contributed by atoms with Gasteiger partial charge in [0.1, 0.15) is 5.82 Å². The molecule has 0 aliphatic rings. The predicted molar refractivity (Wildman–Crippen MR) is 125 cm³/mol. The van der Waals surface area contributed by atoms with Gasteiger partial charge >= 0.3 is 5.92 Å². The summed E-state index contributed by atoms with van der Waals surface area (Å²) in [4.78, 5) is 4.27. The fourth-order valence-corrected chi connectivity index (χ4v) is 4.02. The van der Waals surface area contributed by atoms with Gasteiger partial charge in [-0.3, -0.25) is 0 Å². The molecule has 7 nitrogen and oxygen atoms in total. The Bertz CT molecular complexity index is 1220.